The van der Waals surface area contributed by atoms with Crippen molar-refractivity contribution in [2.75, 3.05) is 7.11 Å². The van der Waals surface area contributed by atoms with Gasteiger partial charge in [-0.15, -0.1) is 0 Å². The average Bonchev–Trinajstić information content (AvgIpc) is 2.54. The molecule has 0 radical (unpaired) electrons. The molecule has 0 bridgehead atoms. The number of hydrogen-bond donors (Lipinski definition) is 4. The van der Waals surface area contributed by atoms with Crippen LogP contribution in [0.15, 0.2) is 24.3 Å². The SMILES string of the molecule is CCc1c(O)cc(O)c(C(=O)c2ccc(OC)c(O)c2)c1CC(=O)O. The Morgan fingerprint density at radius 3 is 2.20 bits per heavy atom. The lowest BCUT2D eigenvalue weighted by Gasteiger charge is -2.16. The first-order valence-corrected chi connectivity index (χ1v) is 7.50. The molecule has 4 N–H and O–H groups in total. The number of carboxylic acids is 1. The number of aliphatic carboxylic acids is 1. The van der Waals surface area contributed by atoms with Crippen LogP contribution in [0.25, 0.3) is 0 Å². The van der Waals surface area contributed by atoms with Gasteiger partial charge in [0, 0.05) is 11.6 Å². The van der Waals surface area contributed by atoms with Crippen molar-refractivity contribution in [3.8, 4) is 23.0 Å². The number of ketones is 1. The van der Waals surface area contributed by atoms with Gasteiger partial charge >= 0.3 is 5.97 Å². The highest BCUT2D eigenvalue weighted by atomic mass is 16.5. The highest BCUT2D eigenvalue weighted by molar-refractivity contribution is 6.12. The highest BCUT2D eigenvalue weighted by Gasteiger charge is 2.25. The van der Waals surface area contributed by atoms with E-state index < -0.39 is 23.9 Å². The van der Waals surface area contributed by atoms with E-state index in [1.54, 1.807) is 6.92 Å². The quantitative estimate of drug-likeness (QED) is 0.591. The monoisotopic (exact) mass is 346 g/mol. The molecule has 7 nitrogen and oxygen atoms in total. The van der Waals surface area contributed by atoms with E-state index in [-0.39, 0.29) is 45.9 Å². The van der Waals surface area contributed by atoms with Crippen LogP contribution in [0.5, 0.6) is 23.0 Å². The zero-order chi connectivity index (χ0) is 18.7. The molecule has 0 aromatic heterocycles. The Balaban J connectivity index is 2.66. The zero-order valence-corrected chi connectivity index (χ0v) is 13.7. The molecule has 0 aliphatic heterocycles. The van der Waals surface area contributed by atoms with E-state index in [0.717, 1.165) is 6.07 Å². The summed E-state index contributed by atoms with van der Waals surface area (Å²) in [5.41, 5.74) is 0.170. The standard InChI is InChI=1S/C18H18O7/c1-3-10-11(7-16(22)23)17(14(21)8-12(10)19)18(24)9-4-5-15(25-2)13(20)6-9/h4-6,8,19-21H,3,7H2,1-2H3,(H,22,23). The van der Waals surface area contributed by atoms with Gasteiger partial charge in [-0.25, -0.2) is 0 Å². The van der Waals surface area contributed by atoms with Crippen molar-refractivity contribution in [3.05, 3.63) is 46.5 Å². The molecule has 0 saturated carbocycles. The van der Waals surface area contributed by atoms with Gasteiger partial charge in [-0.2, -0.15) is 0 Å². The second kappa shape index (κ2) is 7.12. The number of ether oxygens (including phenoxy) is 1. The molecule has 0 unspecified atom stereocenters. The van der Waals surface area contributed by atoms with Crippen molar-refractivity contribution in [1.29, 1.82) is 0 Å². The molecule has 0 aliphatic carbocycles. The maximum atomic E-state index is 12.8. The van der Waals surface area contributed by atoms with Crippen LogP contribution in [0.4, 0.5) is 0 Å². The van der Waals surface area contributed by atoms with E-state index >= 15 is 0 Å². The summed E-state index contributed by atoms with van der Waals surface area (Å²) in [5, 5.41) is 39.1. The van der Waals surface area contributed by atoms with Crippen LogP contribution < -0.4 is 4.74 Å². The summed E-state index contributed by atoms with van der Waals surface area (Å²) >= 11 is 0. The van der Waals surface area contributed by atoms with E-state index in [4.69, 9.17) is 9.84 Å². The number of phenols is 3. The Morgan fingerprint density at radius 1 is 1.00 bits per heavy atom. The van der Waals surface area contributed by atoms with Gasteiger partial charge in [-0.1, -0.05) is 6.92 Å². The predicted octanol–water partition coefficient (Wildman–Crippen LogP) is 2.23. The molecule has 2 rings (SSSR count). The fourth-order valence-corrected chi connectivity index (χ4v) is 2.72. The lowest BCUT2D eigenvalue weighted by molar-refractivity contribution is -0.136. The summed E-state index contributed by atoms with van der Waals surface area (Å²) in [7, 11) is 1.36. The van der Waals surface area contributed by atoms with Crippen LogP contribution in [-0.2, 0) is 17.6 Å². The van der Waals surface area contributed by atoms with Crippen molar-refractivity contribution >= 4 is 11.8 Å². The van der Waals surface area contributed by atoms with Gasteiger partial charge in [0.25, 0.3) is 0 Å². The fraction of sp³-hybridized carbons (Fsp3) is 0.222. The van der Waals surface area contributed by atoms with Crippen LogP contribution in [0.1, 0.15) is 34.0 Å². The van der Waals surface area contributed by atoms with Gasteiger partial charge in [0.1, 0.15) is 11.5 Å². The van der Waals surface area contributed by atoms with Crippen LogP contribution in [-0.4, -0.2) is 39.3 Å². The number of phenolic OH excluding ortho intramolecular Hbond substituents is 3. The van der Waals surface area contributed by atoms with Crippen molar-refractivity contribution < 1.29 is 34.8 Å². The second-order valence-electron chi connectivity index (χ2n) is 5.39. The van der Waals surface area contributed by atoms with Crippen LogP contribution in [0.2, 0.25) is 0 Å². The molecule has 0 spiro atoms. The Kier molecular flexibility index (Phi) is 5.17. The van der Waals surface area contributed by atoms with E-state index in [2.05, 4.69) is 0 Å². The van der Waals surface area contributed by atoms with Crippen molar-refractivity contribution in [3.63, 3.8) is 0 Å². The fourth-order valence-electron chi connectivity index (χ4n) is 2.72. The lowest BCUT2D eigenvalue weighted by atomic mass is 9.90. The third-order valence-electron chi connectivity index (χ3n) is 3.85. The minimum Gasteiger partial charge on any atom is -0.508 e. The Morgan fingerprint density at radius 2 is 1.68 bits per heavy atom. The number of aromatic hydroxyl groups is 3. The zero-order valence-electron chi connectivity index (χ0n) is 13.7. The van der Waals surface area contributed by atoms with Gasteiger partial charge in [-0.3, -0.25) is 9.59 Å². The van der Waals surface area contributed by atoms with Gasteiger partial charge in [0.2, 0.25) is 0 Å². The first kappa shape index (κ1) is 18.1. The summed E-state index contributed by atoms with van der Waals surface area (Å²) < 4.78 is 4.92. The van der Waals surface area contributed by atoms with Crippen LogP contribution in [0, 0.1) is 0 Å². The molecule has 0 aliphatic rings. The normalized spacial score (nSPS) is 10.5. The number of carboxylic acid groups (broad SMARTS) is 1. The molecule has 0 atom stereocenters. The molecule has 0 saturated heterocycles. The van der Waals surface area contributed by atoms with Gasteiger partial charge < -0.3 is 25.2 Å². The number of hydrogen-bond acceptors (Lipinski definition) is 6. The smallest absolute Gasteiger partial charge is 0.307 e. The molecule has 0 heterocycles. The molecular weight excluding hydrogens is 328 g/mol. The Bertz CT molecular complexity index is 840. The molecule has 0 fully saturated rings. The molecule has 2 aromatic rings. The number of carbonyl (C=O) groups is 2. The Hall–Kier alpha value is -3.22. The predicted molar refractivity (Wildman–Crippen MR) is 88.6 cm³/mol. The lowest BCUT2D eigenvalue weighted by Crippen LogP contribution is -2.12. The van der Waals surface area contributed by atoms with E-state index in [0.29, 0.717) is 0 Å². The number of rotatable bonds is 6. The molecule has 132 valence electrons. The van der Waals surface area contributed by atoms with E-state index in [1.807, 2.05) is 0 Å². The molecule has 25 heavy (non-hydrogen) atoms. The van der Waals surface area contributed by atoms with Crippen LogP contribution >= 0.6 is 0 Å². The minimum atomic E-state index is -1.20. The average molecular weight is 346 g/mol. The molecular formula is C18H18O7. The first-order valence-electron chi connectivity index (χ1n) is 7.50. The van der Waals surface area contributed by atoms with E-state index in [1.165, 1.54) is 25.3 Å². The summed E-state index contributed by atoms with van der Waals surface area (Å²) in [4.78, 5) is 24.0. The van der Waals surface area contributed by atoms with Crippen molar-refractivity contribution in [1.82, 2.24) is 0 Å². The first-order chi connectivity index (χ1) is 11.8. The topological polar surface area (TPSA) is 124 Å². The maximum Gasteiger partial charge on any atom is 0.307 e. The van der Waals surface area contributed by atoms with Crippen molar-refractivity contribution in [2.24, 2.45) is 0 Å². The Labute approximate surface area is 143 Å². The third kappa shape index (κ3) is 3.50. The number of methoxy groups -OCH3 is 1. The van der Waals surface area contributed by atoms with Crippen LogP contribution in [0.3, 0.4) is 0 Å². The van der Waals surface area contributed by atoms with Gasteiger partial charge in [0.15, 0.2) is 17.3 Å². The molecule has 7 heteroatoms. The van der Waals surface area contributed by atoms with Gasteiger partial charge in [-0.05, 0) is 35.7 Å². The third-order valence-corrected chi connectivity index (χ3v) is 3.85. The second-order valence-corrected chi connectivity index (χ2v) is 5.39. The van der Waals surface area contributed by atoms with Crippen molar-refractivity contribution in [2.45, 2.75) is 19.8 Å². The number of carbonyl (C=O) groups excluding carboxylic acids is 1. The van der Waals surface area contributed by atoms with E-state index in [9.17, 15) is 24.9 Å². The highest BCUT2D eigenvalue weighted by Crippen LogP contribution is 2.36. The number of benzene rings is 2. The minimum absolute atomic E-state index is 0.0489. The summed E-state index contributed by atoms with van der Waals surface area (Å²) in [6.45, 7) is 1.70. The molecule has 2 aromatic carbocycles. The molecule has 0 amide bonds. The largest absolute Gasteiger partial charge is 0.508 e. The van der Waals surface area contributed by atoms with Gasteiger partial charge in [0.05, 0.1) is 19.1 Å². The summed E-state index contributed by atoms with van der Waals surface area (Å²) in [6, 6.07) is 4.96. The summed E-state index contributed by atoms with van der Waals surface area (Å²) in [6.07, 6.45) is -0.253. The summed E-state index contributed by atoms with van der Waals surface area (Å²) in [5.74, 6) is -2.75. The maximum absolute atomic E-state index is 12.8.